The summed E-state index contributed by atoms with van der Waals surface area (Å²) in [6.07, 6.45) is 4.04. The predicted octanol–water partition coefficient (Wildman–Crippen LogP) is 1.83. The summed E-state index contributed by atoms with van der Waals surface area (Å²) >= 11 is 0. The molecule has 3 unspecified atom stereocenters. The molecule has 3 atom stereocenters. The van der Waals surface area contributed by atoms with Gasteiger partial charge in [0.2, 0.25) is 0 Å². The lowest BCUT2D eigenvalue weighted by molar-refractivity contribution is -0.0390. The lowest BCUT2D eigenvalue weighted by atomic mass is 9.85. The molecule has 0 heterocycles. The second-order valence-electron chi connectivity index (χ2n) is 5.10. The Labute approximate surface area is 111 Å². The number of nitrogens with one attached hydrogen (secondary N) is 1. The van der Waals surface area contributed by atoms with Crippen molar-refractivity contribution in [2.24, 2.45) is 5.92 Å². The number of likely N-dealkylation sites (N-methyl/N-ethyl adjacent to an activating group) is 1. The zero-order chi connectivity index (χ0) is 13.2. The van der Waals surface area contributed by atoms with E-state index in [2.05, 4.69) is 19.2 Å². The largest absolute Gasteiger partial charge is 0.382 e. The van der Waals surface area contributed by atoms with Crippen LogP contribution in [0, 0.1) is 5.92 Å². The van der Waals surface area contributed by atoms with Gasteiger partial charge in [0.05, 0.1) is 32.5 Å². The summed E-state index contributed by atoms with van der Waals surface area (Å²) in [5, 5.41) is 3.53. The average molecular weight is 259 g/mol. The summed E-state index contributed by atoms with van der Waals surface area (Å²) in [6, 6.07) is 0.519. The molecule has 0 aromatic carbocycles. The molecule has 0 aromatic heterocycles. The molecule has 0 spiro atoms. The molecule has 4 nitrogen and oxygen atoms in total. The Hall–Kier alpha value is -0.160. The van der Waals surface area contributed by atoms with E-state index in [4.69, 9.17) is 14.2 Å². The van der Waals surface area contributed by atoms with Crippen molar-refractivity contribution in [1.82, 2.24) is 5.32 Å². The Morgan fingerprint density at radius 1 is 1.11 bits per heavy atom. The Morgan fingerprint density at radius 2 is 1.89 bits per heavy atom. The van der Waals surface area contributed by atoms with Gasteiger partial charge >= 0.3 is 0 Å². The first kappa shape index (κ1) is 15.9. The van der Waals surface area contributed by atoms with Crippen LogP contribution in [0.2, 0.25) is 0 Å². The minimum Gasteiger partial charge on any atom is -0.382 e. The van der Waals surface area contributed by atoms with E-state index in [9.17, 15) is 0 Å². The molecule has 18 heavy (non-hydrogen) atoms. The molecule has 0 aromatic rings. The number of ether oxygens (including phenoxy) is 3. The van der Waals surface area contributed by atoms with Gasteiger partial charge in [0.1, 0.15) is 0 Å². The number of rotatable bonds is 9. The van der Waals surface area contributed by atoms with Crippen molar-refractivity contribution < 1.29 is 14.2 Å². The van der Waals surface area contributed by atoms with E-state index in [0.29, 0.717) is 38.6 Å². The first-order valence-corrected chi connectivity index (χ1v) is 7.19. The van der Waals surface area contributed by atoms with Crippen LogP contribution < -0.4 is 5.32 Å². The quantitative estimate of drug-likeness (QED) is 0.641. The molecular formula is C14H29NO3. The fourth-order valence-electron chi connectivity index (χ4n) is 2.51. The van der Waals surface area contributed by atoms with Crippen molar-refractivity contribution in [2.75, 3.05) is 40.1 Å². The highest BCUT2D eigenvalue weighted by molar-refractivity contribution is 4.84. The molecule has 0 radical (unpaired) electrons. The molecule has 1 saturated carbocycles. The second-order valence-corrected chi connectivity index (χ2v) is 5.10. The summed E-state index contributed by atoms with van der Waals surface area (Å²) < 4.78 is 16.3. The molecule has 108 valence electrons. The van der Waals surface area contributed by atoms with Crippen LogP contribution >= 0.6 is 0 Å². The highest BCUT2D eigenvalue weighted by Gasteiger charge is 2.28. The van der Waals surface area contributed by atoms with Crippen molar-refractivity contribution >= 4 is 0 Å². The summed E-state index contributed by atoms with van der Waals surface area (Å²) in [5.41, 5.74) is 0. The fraction of sp³-hybridized carbons (Fsp3) is 1.00. The maximum absolute atomic E-state index is 5.97. The van der Waals surface area contributed by atoms with Gasteiger partial charge < -0.3 is 19.5 Å². The third-order valence-electron chi connectivity index (χ3n) is 3.51. The molecule has 1 fully saturated rings. The zero-order valence-corrected chi connectivity index (χ0v) is 12.1. The van der Waals surface area contributed by atoms with Crippen LogP contribution in [0.3, 0.4) is 0 Å². The topological polar surface area (TPSA) is 39.7 Å². The van der Waals surface area contributed by atoms with E-state index < -0.39 is 0 Å². The second kappa shape index (κ2) is 9.73. The molecule has 1 N–H and O–H groups in total. The third-order valence-corrected chi connectivity index (χ3v) is 3.51. The van der Waals surface area contributed by atoms with Crippen LogP contribution in [0.15, 0.2) is 0 Å². The van der Waals surface area contributed by atoms with E-state index in [0.717, 1.165) is 18.9 Å². The first-order chi connectivity index (χ1) is 8.77. The van der Waals surface area contributed by atoms with Gasteiger partial charge in [-0.05, 0) is 31.7 Å². The smallest absolute Gasteiger partial charge is 0.0731 e. The van der Waals surface area contributed by atoms with Crippen LogP contribution in [-0.2, 0) is 14.2 Å². The monoisotopic (exact) mass is 259 g/mol. The first-order valence-electron chi connectivity index (χ1n) is 7.19. The Kier molecular flexibility index (Phi) is 8.59. The van der Waals surface area contributed by atoms with Gasteiger partial charge in [0.15, 0.2) is 0 Å². The zero-order valence-electron chi connectivity index (χ0n) is 12.1. The lowest BCUT2D eigenvalue weighted by Crippen LogP contribution is -2.45. The molecule has 0 bridgehead atoms. The van der Waals surface area contributed by atoms with Gasteiger partial charge in [-0.1, -0.05) is 13.8 Å². The van der Waals surface area contributed by atoms with E-state index in [1.54, 1.807) is 7.11 Å². The van der Waals surface area contributed by atoms with Crippen LogP contribution in [0.4, 0.5) is 0 Å². The van der Waals surface area contributed by atoms with Crippen LogP contribution in [0.25, 0.3) is 0 Å². The van der Waals surface area contributed by atoms with E-state index in [-0.39, 0.29) is 0 Å². The van der Waals surface area contributed by atoms with E-state index in [1.807, 2.05) is 0 Å². The number of hydrogen-bond acceptors (Lipinski definition) is 4. The molecule has 1 aliphatic carbocycles. The van der Waals surface area contributed by atoms with Crippen LogP contribution in [0.5, 0.6) is 0 Å². The van der Waals surface area contributed by atoms with Crippen LogP contribution in [0.1, 0.15) is 33.1 Å². The highest BCUT2D eigenvalue weighted by Crippen LogP contribution is 2.26. The summed E-state index contributed by atoms with van der Waals surface area (Å²) in [7, 11) is 1.68. The van der Waals surface area contributed by atoms with Crippen molar-refractivity contribution in [2.45, 2.75) is 45.3 Å². The van der Waals surface area contributed by atoms with Gasteiger partial charge in [0.25, 0.3) is 0 Å². The average Bonchev–Trinajstić information content (AvgIpc) is 2.37. The minimum atomic E-state index is 0.347. The maximum atomic E-state index is 5.97. The SMILES string of the molecule is CCNC1CCC(C)CC1OCCOCCOC. The van der Waals surface area contributed by atoms with Crippen LogP contribution in [-0.4, -0.2) is 52.2 Å². The summed E-state index contributed by atoms with van der Waals surface area (Å²) in [4.78, 5) is 0. The Morgan fingerprint density at radius 3 is 2.61 bits per heavy atom. The van der Waals surface area contributed by atoms with Gasteiger partial charge in [-0.15, -0.1) is 0 Å². The van der Waals surface area contributed by atoms with E-state index in [1.165, 1.54) is 12.8 Å². The lowest BCUT2D eigenvalue weighted by Gasteiger charge is -2.35. The molecule has 0 saturated heterocycles. The third kappa shape index (κ3) is 6.14. The Bertz CT molecular complexity index is 201. The van der Waals surface area contributed by atoms with Gasteiger partial charge in [-0.25, -0.2) is 0 Å². The Balaban J connectivity index is 2.15. The van der Waals surface area contributed by atoms with Crippen molar-refractivity contribution in [3.05, 3.63) is 0 Å². The molecular weight excluding hydrogens is 230 g/mol. The molecule has 1 aliphatic rings. The molecule has 1 rings (SSSR count). The predicted molar refractivity (Wildman–Crippen MR) is 72.9 cm³/mol. The normalized spacial score (nSPS) is 28.5. The minimum absolute atomic E-state index is 0.347. The van der Waals surface area contributed by atoms with Crippen molar-refractivity contribution in [3.8, 4) is 0 Å². The highest BCUT2D eigenvalue weighted by atomic mass is 16.5. The maximum Gasteiger partial charge on any atom is 0.0731 e. The molecule has 4 heteroatoms. The number of hydrogen-bond donors (Lipinski definition) is 1. The van der Waals surface area contributed by atoms with Gasteiger partial charge in [0, 0.05) is 13.2 Å². The number of methoxy groups -OCH3 is 1. The van der Waals surface area contributed by atoms with Crippen molar-refractivity contribution in [1.29, 1.82) is 0 Å². The van der Waals surface area contributed by atoms with E-state index >= 15 is 0 Å². The summed E-state index contributed by atoms with van der Waals surface area (Å²) in [6.45, 7) is 8.13. The summed E-state index contributed by atoms with van der Waals surface area (Å²) in [5.74, 6) is 0.777. The molecule has 0 amide bonds. The van der Waals surface area contributed by atoms with Crippen molar-refractivity contribution in [3.63, 3.8) is 0 Å². The molecule has 0 aliphatic heterocycles. The van der Waals surface area contributed by atoms with Gasteiger partial charge in [-0.3, -0.25) is 0 Å². The standard InChI is InChI=1S/C14H29NO3/c1-4-15-13-6-5-12(2)11-14(13)18-10-9-17-8-7-16-3/h12-15H,4-11H2,1-3H3. The van der Waals surface area contributed by atoms with Gasteiger partial charge in [-0.2, -0.15) is 0 Å². The fourth-order valence-corrected chi connectivity index (χ4v) is 2.51.